The van der Waals surface area contributed by atoms with Gasteiger partial charge in [0.15, 0.2) is 0 Å². The third-order valence-corrected chi connectivity index (χ3v) is 2.35. The van der Waals surface area contributed by atoms with Crippen LogP contribution in [0.2, 0.25) is 0 Å². The summed E-state index contributed by atoms with van der Waals surface area (Å²) in [4.78, 5) is 23.0. The molecule has 0 aliphatic carbocycles. The maximum absolute atomic E-state index is 11.6. The maximum atomic E-state index is 11.6. The first-order valence-corrected chi connectivity index (χ1v) is 5.74. The van der Waals surface area contributed by atoms with Crippen molar-refractivity contribution in [2.24, 2.45) is 0 Å². The zero-order valence-electron chi connectivity index (χ0n) is 9.69. The molecular weight excluding hydrogens is 218 g/mol. The molecule has 4 nitrogen and oxygen atoms in total. The van der Waals surface area contributed by atoms with Crippen molar-refractivity contribution in [1.82, 2.24) is 5.32 Å². The molecule has 1 aromatic carbocycles. The molecule has 1 rings (SSSR count). The van der Waals surface area contributed by atoms with Gasteiger partial charge in [0.05, 0.1) is 0 Å². The van der Waals surface area contributed by atoms with E-state index in [-0.39, 0.29) is 18.4 Å². The van der Waals surface area contributed by atoms with Gasteiger partial charge in [-0.1, -0.05) is 24.6 Å². The summed E-state index contributed by atoms with van der Waals surface area (Å²) >= 11 is 0. The monoisotopic (exact) mass is 235 g/mol. The van der Waals surface area contributed by atoms with Gasteiger partial charge in [-0.3, -0.25) is 14.9 Å². The molecular formula is C13H17NO3. The Balaban J connectivity index is 2.29. The Morgan fingerprint density at radius 3 is 2.41 bits per heavy atom. The minimum atomic E-state index is -0.363. The molecule has 0 saturated carbocycles. The third kappa shape index (κ3) is 5.26. The number of aliphatic hydroxyl groups is 1. The van der Waals surface area contributed by atoms with E-state index < -0.39 is 0 Å². The lowest BCUT2D eigenvalue weighted by molar-refractivity contribution is -0.120. The Labute approximate surface area is 101 Å². The minimum absolute atomic E-state index is 0.143. The zero-order valence-corrected chi connectivity index (χ0v) is 9.69. The van der Waals surface area contributed by atoms with E-state index in [1.807, 2.05) is 6.07 Å². The van der Waals surface area contributed by atoms with Crippen molar-refractivity contribution in [3.63, 3.8) is 0 Å². The van der Waals surface area contributed by atoms with Gasteiger partial charge in [-0.2, -0.15) is 0 Å². The lowest BCUT2D eigenvalue weighted by atomic mass is 10.2. The fraction of sp³-hybridized carbons (Fsp3) is 0.385. The number of benzene rings is 1. The van der Waals surface area contributed by atoms with Gasteiger partial charge in [0.2, 0.25) is 5.91 Å². The summed E-state index contributed by atoms with van der Waals surface area (Å²) in [6.07, 6.45) is 2.50. The first-order valence-electron chi connectivity index (χ1n) is 5.74. The van der Waals surface area contributed by atoms with E-state index in [4.69, 9.17) is 5.11 Å². The number of carbonyl (C=O) groups excluding carboxylic acids is 2. The topological polar surface area (TPSA) is 66.4 Å². The highest BCUT2D eigenvalue weighted by molar-refractivity contribution is 6.04. The van der Waals surface area contributed by atoms with Crippen LogP contribution in [0.5, 0.6) is 0 Å². The van der Waals surface area contributed by atoms with Gasteiger partial charge in [0, 0.05) is 18.6 Å². The van der Waals surface area contributed by atoms with Crippen LogP contribution in [0.15, 0.2) is 30.3 Å². The summed E-state index contributed by atoms with van der Waals surface area (Å²) in [5.41, 5.74) is 0.483. The van der Waals surface area contributed by atoms with Crippen LogP contribution in [-0.4, -0.2) is 23.5 Å². The zero-order chi connectivity index (χ0) is 12.5. The number of aliphatic hydroxyl groups excluding tert-OH is 1. The van der Waals surface area contributed by atoms with Crippen LogP contribution >= 0.6 is 0 Å². The van der Waals surface area contributed by atoms with Crippen molar-refractivity contribution in [1.29, 1.82) is 0 Å². The SMILES string of the molecule is O=C(CCCCCO)NC(=O)c1ccccc1. The standard InChI is InChI=1S/C13H17NO3/c15-10-6-2-5-9-12(16)14-13(17)11-7-3-1-4-8-11/h1,3-4,7-8,15H,2,5-6,9-10H2,(H,14,16,17). The fourth-order valence-electron chi connectivity index (χ4n) is 1.42. The van der Waals surface area contributed by atoms with Gasteiger partial charge in [-0.05, 0) is 25.0 Å². The van der Waals surface area contributed by atoms with Crippen molar-refractivity contribution in [3.8, 4) is 0 Å². The second-order valence-corrected chi connectivity index (χ2v) is 3.78. The maximum Gasteiger partial charge on any atom is 0.257 e. The van der Waals surface area contributed by atoms with Gasteiger partial charge in [-0.25, -0.2) is 0 Å². The van der Waals surface area contributed by atoms with Crippen LogP contribution in [0.3, 0.4) is 0 Å². The summed E-state index contributed by atoms with van der Waals surface area (Å²) in [5, 5.41) is 10.9. The molecule has 0 radical (unpaired) electrons. The number of unbranched alkanes of at least 4 members (excludes halogenated alkanes) is 2. The summed E-state index contributed by atoms with van der Waals surface area (Å²) in [6.45, 7) is 0.143. The van der Waals surface area contributed by atoms with Crippen LogP contribution in [0.1, 0.15) is 36.0 Å². The summed E-state index contributed by atoms with van der Waals surface area (Å²) in [7, 11) is 0. The number of nitrogens with one attached hydrogen (secondary N) is 1. The molecule has 2 N–H and O–H groups in total. The molecule has 0 unspecified atom stereocenters. The number of amides is 2. The average Bonchev–Trinajstić information content (AvgIpc) is 2.36. The molecule has 0 fully saturated rings. The van der Waals surface area contributed by atoms with E-state index >= 15 is 0 Å². The minimum Gasteiger partial charge on any atom is -0.396 e. The molecule has 0 aliphatic rings. The Morgan fingerprint density at radius 1 is 1.06 bits per heavy atom. The predicted octanol–water partition coefficient (Wildman–Crippen LogP) is 1.50. The molecule has 0 heterocycles. The lowest BCUT2D eigenvalue weighted by Gasteiger charge is -2.03. The van der Waals surface area contributed by atoms with Crippen LogP contribution in [0.25, 0.3) is 0 Å². The molecule has 17 heavy (non-hydrogen) atoms. The molecule has 1 aromatic rings. The molecule has 0 saturated heterocycles. The van der Waals surface area contributed by atoms with Crippen LogP contribution in [0, 0.1) is 0 Å². The number of imide groups is 1. The smallest absolute Gasteiger partial charge is 0.257 e. The molecule has 2 amide bonds. The van der Waals surface area contributed by atoms with Crippen molar-refractivity contribution in [2.75, 3.05) is 6.61 Å². The normalized spacial score (nSPS) is 9.94. The van der Waals surface area contributed by atoms with Crippen molar-refractivity contribution < 1.29 is 14.7 Å². The molecule has 0 aromatic heterocycles. The largest absolute Gasteiger partial charge is 0.396 e. The predicted molar refractivity (Wildman–Crippen MR) is 64.5 cm³/mol. The fourth-order valence-corrected chi connectivity index (χ4v) is 1.42. The molecule has 0 bridgehead atoms. The molecule has 92 valence electrons. The number of hydrogen-bond donors (Lipinski definition) is 2. The Morgan fingerprint density at radius 2 is 1.76 bits per heavy atom. The van der Waals surface area contributed by atoms with Crippen LogP contribution < -0.4 is 5.32 Å². The van der Waals surface area contributed by atoms with E-state index in [1.54, 1.807) is 24.3 Å². The Hall–Kier alpha value is -1.68. The molecule has 0 atom stereocenters. The molecule has 0 spiro atoms. The van der Waals surface area contributed by atoms with Crippen molar-refractivity contribution >= 4 is 11.8 Å². The highest BCUT2D eigenvalue weighted by Gasteiger charge is 2.08. The van der Waals surface area contributed by atoms with Crippen LogP contribution in [-0.2, 0) is 4.79 Å². The summed E-state index contributed by atoms with van der Waals surface area (Å²) < 4.78 is 0. The second kappa shape index (κ2) is 7.57. The van der Waals surface area contributed by atoms with E-state index in [2.05, 4.69) is 5.32 Å². The summed E-state index contributed by atoms with van der Waals surface area (Å²) in [6, 6.07) is 8.64. The van der Waals surface area contributed by atoms with Gasteiger partial charge in [0.25, 0.3) is 5.91 Å². The van der Waals surface area contributed by atoms with E-state index in [9.17, 15) is 9.59 Å². The quantitative estimate of drug-likeness (QED) is 0.734. The Bertz CT molecular complexity index is 362. The first-order chi connectivity index (χ1) is 8.24. The van der Waals surface area contributed by atoms with E-state index in [0.717, 1.165) is 6.42 Å². The lowest BCUT2D eigenvalue weighted by Crippen LogP contribution is -2.30. The average molecular weight is 235 g/mol. The van der Waals surface area contributed by atoms with Crippen molar-refractivity contribution in [3.05, 3.63) is 35.9 Å². The first kappa shape index (κ1) is 13.4. The Kier molecular flexibility index (Phi) is 5.96. The van der Waals surface area contributed by atoms with Gasteiger partial charge < -0.3 is 5.11 Å². The van der Waals surface area contributed by atoms with Gasteiger partial charge in [-0.15, -0.1) is 0 Å². The number of hydrogen-bond acceptors (Lipinski definition) is 3. The van der Waals surface area contributed by atoms with Crippen LogP contribution in [0.4, 0.5) is 0 Å². The van der Waals surface area contributed by atoms with Gasteiger partial charge >= 0.3 is 0 Å². The summed E-state index contributed by atoms with van der Waals surface area (Å²) in [5.74, 6) is -0.630. The number of carbonyl (C=O) groups is 2. The third-order valence-electron chi connectivity index (χ3n) is 2.35. The van der Waals surface area contributed by atoms with E-state index in [1.165, 1.54) is 0 Å². The van der Waals surface area contributed by atoms with Gasteiger partial charge in [0.1, 0.15) is 0 Å². The van der Waals surface area contributed by atoms with Crippen molar-refractivity contribution in [2.45, 2.75) is 25.7 Å². The molecule has 4 heteroatoms. The second-order valence-electron chi connectivity index (χ2n) is 3.78. The molecule has 0 aliphatic heterocycles. The number of rotatable bonds is 6. The highest BCUT2D eigenvalue weighted by Crippen LogP contribution is 2.01. The highest BCUT2D eigenvalue weighted by atomic mass is 16.3. The van der Waals surface area contributed by atoms with E-state index in [0.29, 0.717) is 24.8 Å².